The summed E-state index contributed by atoms with van der Waals surface area (Å²) in [5, 5.41) is 1.49. The summed E-state index contributed by atoms with van der Waals surface area (Å²) in [5.41, 5.74) is 0. The molecule has 1 fully saturated rings. The summed E-state index contributed by atoms with van der Waals surface area (Å²) in [6, 6.07) is 0.502. The Morgan fingerprint density at radius 3 is 3.00 bits per heavy atom. The van der Waals surface area contributed by atoms with Crippen LogP contribution in [0.3, 0.4) is 0 Å². The van der Waals surface area contributed by atoms with Gasteiger partial charge >= 0.3 is 58.2 Å². The molecule has 0 aromatic carbocycles. The molecule has 3 heteroatoms. The van der Waals surface area contributed by atoms with Crippen molar-refractivity contribution in [3.8, 4) is 0 Å². The summed E-state index contributed by atoms with van der Waals surface area (Å²) < 4.78 is 7.22. The van der Waals surface area contributed by atoms with Gasteiger partial charge in [-0.2, -0.15) is 6.42 Å². The maximum absolute atomic E-state index is 7.22. The Morgan fingerprint density at radius 2 is 2.60 bits per heavy atom. The quantitative estimate of drug-likeness (QED) is 0.497. The molecule has 1 aliphatic heterocycles. The number of nitrogens with zero attached hydrogens (tertiary/aromatic N) is 1. The third-order valence-corrected chi connectivity index (χ3v) is 1.86. The van der Waals surface area contributed by atoms with Crippen LogP contribution < -0.4 is 63.5 Å². The van der Waals surface area contributed by atoms with Gasteiger partial charge in [-0.3, -0.25) is 0 Å². The van der Waals surface area contributed by atoms with E-state index in [1.165, 1.54) is 11.7 Å². The molecule has 1 heterocycles. The van der Waals surface area contributed by atoms with Crippen LogP contribution in [0.15, 0.2) is 0 Å². The van der Waals surface area contributed by atoms with E-state index in [-0.39, 0.29) is 58.2 Å². The molecule has 1 N–H and O–H groups in total. The zero-order valence-electron chi connectivity index (χ0n) is 8.17. The summed E-state index contributed by atoms with van der Waals surface area (Å²) in [7, 11) is 3.90. The molecule has 0 saturated carbocycles. The molecule has 54 valence electrons. The minimum Gasteiger partial charge on any atom is -0.334 e. The second-order valence-electron chi connectivity index (χ2n) is 2.57. The molecule has 0 aliphatic carbocycles. The van der Waals surface area contributed by atoms with Crippen molar-refractivity contribution in [2.24, 2.45) is 0 Å². The standard InChI is InChI=1S/C7H15N2.Rb/c1-8-6-7-4-3-5-9(7)2;/h4,7-8H,3,5-6H2,1-2H3;/q-1;+1/i/hT. The van der Waals surface area contributed by atoms with Gasteiger partial charge in [0.2, 0.25) is 0 Å². The normalized spacial score (nSPS) is 28.3. The average Bonchev–Trinajstić information content (AvgIpc) is 2.15. The molecule has 1 unspecified atom stereocenters. The van der Waals surface area contributed by atoms with Crippen LogP contribution in [0, 0.1) is 6.42 Å². The third-order valence-electron chi connectivity index (χ3n) is 1.86. The zero-order valence-corrected chi connectivity index (χ0v) is 12.1. The first-order valence-corrected chi connectivity index (χ1v) is 3.43. The van der Waals surface area contributed by atoms with Crippen LogP contribution in [0.1, 0.15) is 6.42 Å². The van der Waals surface area contributed by atoms with E-state index >= 15 is 0 Å². The van der Waals surface area contributed by atoms with Crippen molar-refractivity contribution >= 4 is 0 Å². The van der Waals surface area contributed by atoms with Crippen molar-refractivity contribution in [1.29, 1.82) is 0 Å². The van der Waals surface area contributed by atoms with E-state index < -0.39 is 0 Å². The largest absolute Gasteiger partial charge is 1.00 e. The molecule has 10 heavy (non-hydrogen) atoms. The molecule has 1 atom stereocenters. The Morgan fingerprint density at radius 1 is 1.90 bits per heavy atom. The monoisotopic (exact) mass is 214 g/mol. The SMILES string of the molecule is [3H]N(C)CC1[CH-]CCN1C.[Rb+]. The van der Waals surface area contributed by atoms with E-state index in [2.05, 4.69) is 18.4 Å². The Balaban J connectivity index is 0.000001000. The molecule has 2 nitrogen and oxygen atoms in total. The topological polar surface area (TPSA) is 15.3 Å². The molecule has 0 amide bonds. The maximum atomic E-state index is 7.22. The van der Waals surface area contributed by atoms with Crippen molar-refractivity contribution < 1.29 is 59.6 Å². The van der Waals surface area contributed by atoms with E-state index in [1.54, 1.807) is 7.05 Å². The average molecular weight is 215 g/mol. The smallest absolute Gasteiger partial charge is 0.334 e. The van der Waals surface area contributed by atoms with E-state index in [0.29, 0.717) is 6.04 Å². The number of likely N-dealkylation sites (tertiary alicyclic amines) is 1. The Hall–Kier alpha value is 1.73. The van der Waals surface area contributed by atoms with Crippen molar-refractivity contribution in [3.63, 3.8) is 0 Å². The number of hydrogen-bond acceptors (Lipinski definition) is 2. The van der Waals surface area contributed by atoms with Crippen LogP contribution >= 0.6 is 0 Å². The summed E-state index contributed by atoms with van der Waals surface area (Å²) in [5.74, 6) is 0. The van der Waals surface area contributed by atoms with Gasteiger partial charge in [0.25, 0.3) is 0 Å². The molecule has 0 bridgehead atoms. The van der Waals surface area contributed by atoms with Crippen molar-refractivity contribution in [3.05, 3.63) is 6.42 Å². The fourth-order valence-electron chi connectivity index (χ4n) is 1.22. The van der Waals surface area contributed by atoms with Gasteiger partial charge in [0.05, 0.1) is 0 Å². The summed E-state index contributed by atoms with van der Waals surface area (Å²) in [6.07, 6.45) is 3.46. The van der Waals surface area contributed by atoms with Gasteiger partial charge in [-0.25, -0.2) is 0 Å². The van der Waals surface area contributed by atoms with Gasteiger partial charge in [0.15, 0.2) is 0 Å². The predicted molar refractivity (Wildman–Crippen MR) is 39.3 cm³/mol. The molecular weight excluding hydrogens is 198 g/mol. The minimum absolute atomic E-state index is 0. The van der Waals surface area contributed by atoms with Crippen LogP contribution in [0.5, 0.6) is 0 Å². The van der Waals surface area contributed by atoms with Crippen LogP contribution in [-0.2, 0) is 0 Å². The number of rotatable bonds is 2. The first kappa shape index (κ1) is 9.81. The molecule has 1 aliphatic rings. The molecule has 0 aromatic rings. The van der Waals surface area contributed by atoms with Crippen LogP contribution in [0.4, 0.5) is 0 Å². The Bertz CT molecular complexity index is 111. The summed E-state index contributed by atoms with van der Waals surface area (Å²) >= 11 is 0. The molecule has 0 radical (unpaired) electrons. The minimum atomic E-state index is 0. The number of likely N-dealkylation sites (N-methyl/N-ethyl adjacent to an activating group) is 2. The van der Waals surface area contributed by atoms with Crippen molar-refractivity contribution in [2.45, 2.75) is 12.5 Å². The fraction of sp³-hybridized carbons (Fsp3) is 0.857. The second-order valence-corrected chi connectivity index (χ2v) is 2.57. The summed E-state index contributed by atoms with van der Waals surface area (Å²) in [4.78, 5) is 2.28. The van der Waals surface area contributed by atoms with E-state index in [4.69, 9.17) is 1.41 Å². The van der Waals surface area contributed by atoms with Crippen LogP contribution in [0.25, 0.3) is 0 Å². The molecule has 1 saturated heterocycles. The number of nitrogens with one attached hydrogen (secondary N) is 1. The van der Waals surface area contributed by atoms with E-state index in [0.717, 1.165) is 13.1 Å². The van der Waals surface area contributed by atoms with E-state index in [9.17, 15) is 0 Å². The van der Waals surface area contributed by atoms with Crippen LogP contribution in [0.2, 0.25) is 1.41 Å². The molecule has 0 aromatic heterocycles. The van der Waals surface area contributed by atoms with Gasteiger partial charge in [0.1, 0.15) is 1.41 Å². The third kappa shape index (κ3) is 3.41. The second kappa shape index (κ2) is 6.26. The molecule has 0 spiro atoms. The van der Waals surface area contributed by atoms with Crippen LogP contribution in [-0.4, -0.2) is 38.1 Å². The Kier molecular flexibility index (Phi) is 6.15. The molecular formula is C7H15N2Rb. The zero-order chi connectivity index (χ0) is 7.56. The maximum Gasteiger partial charge on any atom is 1.00 e. The van der Waals surface area contributed by atoms with Gasteiger partial charge in [-0.05, 0) is 27.2 Å². The predicted octanol–water partition coefficient (Wildman–Crippen LogP) is -2.88. The first-order chi connectivity index (χ1) is 4.70. The number of hydrogen-bond donors (Lipinski definition) is 1. The van der Waals surface area contributed by atoms with Crippen molar-refractivity contribution in [2.75, 3.05) is 27.2 Å². The molecule has 1 rings (SSSR count). The fourth-order valence-corrected chi connectivity index (χ4v) is 1.22. The van der Waals surface area contributed by atoms with Gasteiger partial charge in [0, 0.05) is 0 Å². The van der Waals surface area contributed by atoms with E-state index in [1.807, 2.05) is 0 Å². The van der Waals surface area contributed by atoms with Gasteiger partial charge in [-0.15, -0.1) is 6.04 Å². The van der Waals surface area contributed by atoms with Gasteiger partial charge < -0.3 is 16.6 Å². The van der Waals surface area contributed by atoms with Gasteiger partial charge in [-0.1, -0.05) is 0 Å². The van der Waals surface area contributed by atoms with Crippen molar-refractivity contribution in [1.82, 2.24) is 10.2 Å². The Labute approximate surface area is 114 Å². The first-order valence-electron chi connectivity index (χ1n) is 3.88. The summed E-state index contributed by atoms with van der Waals surface area (Å²) in [6.45, 7) is 1.98.